The van der Waals surface area contributed by atoms with Crippen LogP contribution in [0.3, 0.4) is 0 Å². The van der Waals surface area contributed by atoms with Crippen LogP contribution in [-0.2, 0) is 167 Å². The first-order valence-electron chi connectivity index (χ1n) is 15.1. The molecule has 4 rings (SSSR count). The van der Waals surface area contributed by atoms with E-state index in [1.165, 1.54) is 0 Å². The van der Waals surface area contributed by atoms with E-state index in [1.807, 2.05) is 0 Å². The zero-order chi connectivity index (χ0) is 53.4. The number of ether oxygens (including phenoxy) is 5. The summed E-state index contributed by atoms with van der Waals surface area (Å²) >= 11 is 0. The van der Waals surface area contributed by atoms with Crippen molar-refractivity contribution in [3.05, 3.63) is 0 Å². The van der Waals surface area contributed by atoms with Crippen LogP contribution in [0, 0.1) is 0 Å². The molecule has 0 spiro atoms. The van der Waals surface area contributed by atoms with Crippen molar-refractivity contribution in [1.29, 1.82) is 0 Å². The Morgan fingerprint density at radius 2 is 0.809 bits per heavy atom. The van der Waals surface area contributed by atoms with E-state index in [0.29, 0.717) is 0 Å². The molecule has 35 nitrogen and oxygen atoms in total. The number of hydrogen-bond donors (Lipinski definition) is 0. The Hall–Kier alpha value is -1.52. The third-order valence-corrected chi connectivity index (χ3v) is 22.4. The Bertz CT molecular complexity index is 2560. The summed E-state index contributed by atoms with van der Waals surface area (Å²) < 4.78 is 339. The molecule has 0 aromatic carbocycles. The van der Waals surface area contributed by atoms with Gasteiger partial charge in [0.2, 0.25) is 19.8 Å². The molecule has 4 fully saturated rings. The predicted octanol–water partition coefficient (Wildman–Crippen LogP) is -4.63. The van der Waals surface area contributed by atoms with E-state index in [0.717, 1.165) is 6.92 Å². The lowest BCUT2D eigenvalue weighted by atomic mass is 11.0. The molecule has 51 heteroatoms. The van der Waals surface area contributed by atoms with Gasteiger partial charge in [0.1, 0.15) is 0 Å². The van der Waals surface area contributed by atoms with E-state index >= 15 is 0 Å². The van der Waals surface area contributed by atoms with Gasteiger partial charge in [0.05, 0.1) is 0 Å². The Kier molecular flexibility index (Phi) is 25.8. The highest BCUT2D eigenvalue weighted by Gasteiger charge is 2.46. The molecule has 68 heavy (non-hydrogen) atoms. The predicted molar refractivity (Wildman–Crippen MR) is 190 cm³/mol. The van der Waals surface area contributed by atoms with Crippen LogP contribution in [0.2, 0.25) is 0 Å². The molecule has 0 amide bonds. The average Bonchev–Trinajstić information content (AvgIpc) is 3.37. The van der Waals surface area contributed by atoms with Gasteiger partial charge in [0.25, 0.3) is 91.1 Å². The monoisotopic (exact) mass is 1230 g/mol. The zero-order valence-electron chi connectivity index (χ0n) is 32.4. The van der Waals surface area contributed by atoms with Gasteiger partial charge in [-0.05, 0) is 11.4 Å². The fraction of sp³-hybridized carbons (Fsp3) is 1.00. The van der Waals surface area contributed by atoms with Crippen molar-refractivity contribution in [1.82, 2.24) is 0 Å². The number of rotatable bonds is 9. The second kappa shape index (κ2) is 26.4. The van der Waals surface area contributed by atoms with Gasteiger partial charge in [0.15, 0.2) is 75.3 Å². The third-order valence-electron chi connectivity index (χ3n) is 5.17. The minimum atomic E-state index is -5.81. The molecule has 4 aliphatic rings. The van der Waals surface area contributed by atoms with Crippen molar-refractivity contribution in [2.75, 3.05) is 80.7 Å². The summed E-state index contributed by atoms with van der Waals surface area (Å²) in [6.07, 6.45) is -10.5. The third kappa shape index (κ3) is 30.4. The molecule has 0 saturated carbocycles. The van der Waals surface area contributed by atoms with Crippen LogP contribution >= 0.6 is 0 Å². The second-order valence-corrected chi connectivity index (χ2v) is 29.6. The standard InChI is InChI=1S/C4H4F6O8S2.2C4H8O8S2.C3H6O6S2.C2H4O5S2/c5-1-15-3(6,7)17-19(11,12)2-20(13,14)18-4(8,9)16-10;2*5-13(6)4-14(7,8)12-3-10-1-9-2-11-13;1-3-10(4,5)8-2-9-11(3,6)7;3-8(4)1-7-9(5,6)2-8/h1-2H2;2*1-4H2;3H,2H2,1H3;1-2H2. The van der Waals surface area contributed by atoms with Gasteiger partial charge < -0.3 is 18.9 Å². The SMILES string of the molecule is CC1S(=O)(=O)OCOS1(=O)=O.O=S(=O)(CS(=O)(=O)OC(F)(F)OCF)OC(F)(F)OF.O=S1(=O)COS(=O)(=O)C1.O=S1(=O)CS(=O)(=O)OCOCOCO1.O=S1(=O)CS(=O)(=O)OCOCOCO1. The van der Waals surface area contributed by atoms with E-state index in [9.17, 15) is 111 Å². The van der Waals surface area contributed by atoms with Gasteiger partial charge in [-0.25, -0.2) is 37.9 Å². The van der Waals surface area contributed by atoms with Crippen LogP contribution < -0.4 is 0 Å². The molecule has 0 aliphatic carbocycles. The molecule has 0 aromatic rings. The molecule has 0 unspecified atom stereocenters. The quantitative estimate of drug-likeness (QED) is 0.119. The second-order valence-electron chi connectivity index (χ2n) is 10.7. The smallest absolute Gasteiger partial charge is 0.328 e. The van der Waals surface area contributed by atoms with Crippen LogP contribution in [0.25, 0.3) is 0 Å². The molecular formula is C17H30F6O35S10. The normalized spacial score (nSPS) is 24.6. The molecule has 0 aromatic heterocycles. The molecule has 4 aliphatic heterocycles. The molecule has 0 bridgehead atoms. The van der Waals surface area contributed by atoms with Crippen molar-refractivity contribution < 1.29 is 177 Å². The Labute approximate surface area is 380 Å². The minimum Gasteiger partial charge on any atom is -0.328 e. The Morgan fingerprint density at radius 3 is 1.06 bits per heavy atom. The summed E-state index contributed by atoms with van der Waals surface area (Å²) in [6.45, 7) is -4.94. The lowest BCUT2D eigenvalue weighted by Gasteiger charge is -2.17. The largest absolute Gasteiger partial charge is 0.531 e. The topological polar surface area (TPSA) is 480 Å². The van der Waals surface area contributed by atoms with Crippen LogP contribution in [0.15, 0.2) is 0 Å². The maximum atomic E-state index is 12.4. The van der Waals surface area contributed by atoms with Crippen molar-refractivity contribution >= 4 is 101 Å². The van der Waals surface area contributed by atoms with Crippen molar-refractivity contribution in [3.63, 3.8) is 0 Å². The van der Waals surface area contributed by atoms with Crippen molar-refractivity contribution in [3.8, 4) is 0 Å². The maximum Gasteiger partial charge on any atom is 0.531 e. The van der Waals surface area contributed by atoms with Crippen LogP contribution in [-0.4, -0.2) is 182 Å². The molecule has 410 valence electrons. The summed E-state index contributed by atoms with van der Waals surface area (Å²) in [4.78, 5) is 1.73. The lowest BCUT2D eigenvalue weighted by molar-refractivity contribution is -0.435. The number of halogens is 6. The van der Waals surface area contributed by atoms with E-state index in [1.54, 1.807) is 4.94 Å². The number of sulfone groups is 1. The van der Waals surface area contributed by atoms with Crippen LogP contribution in [0.5, 0.6) is 0 Å². The van der Waals surface area contributed by atoms with Crippen molar-refractivity contribution in [2.24, 2.45) is 0 Å². The highest BCUT2D eigenvalue weighted by molar-refractivity contribution is 8.08. The van der Waals surface area contributed by atoms with Crippen LogP contribution in [0.4, 0.5) is 26.5 Å². The number of alkyl halides is 5. The first-order valence-corrected chi connectivity index (χ1v) is 30.9. The minimum absolute atomic E-state index is 0.314. The fourth-order valence-corrected chi connectivity index (χ4v) is 15.7. The van der Waals surface area contributed by atoms with E-state index < -0.39 is 185 Å². The average molecular weight is 1230 g/mol. The molecular weight excluding hydrogens is 1200 g/mol. The van der Waals surface area contributed by atoms with Gasteiger partial charge in [-0.2, -0.15) is 84.1 Å². The summed E-state index contributed by atoms with van der Waals surface area (Å²) in [5, 5.41) is -5.97. The van der Waals surface area contributed by atoms with Crippen molar-refractivity contribution in [2.45, 2.75) is 24.1 Å². The van der Waals surface area contributed by atoms with Crippen LogP contribution in [0.1, 0.15) is 6.92 Å². The Balaban J connectivity index is 0.000000844. The highest BCUT2D eigenvalue weighted by atomic mass is 32.3. The molecule has 4 saturated heterocycles. The van der Waals surface area contributed by atoms with E-state index in [2.05, 4.69) is 61.3 Å². The van der Waals surface area contributed by atoms with E-state index in [4.69, 9.17) is 0 Å². The first kappa shape index (κ1) is 66.5. The van der Waals surface area contributed by atoms with Gasteiger partial charge in [-0.1, -0.05) is 4.94 Å². The molecule has 0 atom stereocenters. The molecule has 0 N–H and O–H groups in total. The summed E-state index contributed by atoms with van der Waals surface area (Å²) in [5.41, 5.74) is 0. The molecule has 0 radical (unpaired) electrons. The van der Waals surface area contributed by atoms with Gasteiger partial charge in [0, 0.05) is 0 Å². The lowest BCUT2D eigenvalue weighted by Crippen LogP contribution is -2.36. The zero-order valence-corrected chi connectivity index (χ0v) is 40.6. The van der Waals surface area contributed by atoms with Gasteiger partial charge in [-0.15, -0.1) is 17.6 Å². The fourth-order valence-electron chi connectivity index (χ4n) is 2.72. The van der Waals surface area contributed by atoms with E-state index in [-0.39, 0.29) is 13.6 Å². The van der Waals surface area contributed by atoms with Gasteiger partial charge in [-0.3, -0.25) is 8.92 Å². The first-order chi connectivity index (χ1) is 30.3. The Morgan fingerprint density at radius 1 is 0.485 bits per heavy atom. The molecule has 4 heterocycles. The maximum absolute atomic E-state index is 12.4. The summed E-state index contributed by atoms with van der Waals surface area (Å²) in [7, 11) is -43.5. The summed E-state index contributed by atoms with van der Waals surface area (Å²) in [6, 6.07) is 0. The highest BCUT2D eigenvalue weighted by Crippen LogP contribution is 2.25. The van der Waals surface area contributed by atoms with Gasteiger partial charge >= 0.3 is 12.6 Å². The summed E-state index contributed by atoms with van der Waals surface area (Å²) in [5.74, 6) is -0.699. The number of hydrogen-bond acceptors (Lipinski definition) is 35.